The maximum absolute atomic E-state index is 13.9. The van der Waals surface area contributed by atoms with Crippen molar-refractivity contribution < 1.29 is 8.42 Å². The van der Waals surface area contributed by atoms with Gasteiger partial charge in [-0.1, -0.05) is 16.7 Å². The van der Waals surface area contributed by atoms with Crippen molar-refractivity contribution in [3.63, 3.8) is 0 Å². The van der Waals surface area contributed by atoms with Gasteiger partial charge in [0.2, 0.25) is 0 Å². The molecule has 1 saturated heterocycles. The number of thiazole rings is 1. The third kappa shape index (κ3) is 4.12. The summed E-state index contributed by atoms with van der Waals surface area (Å²) >= 11 is 7.89. The van der Waals surface area contributed by atoms with Crippen LogP contribution in [0, 0.1) is 0 Å². The van der Waals surface area contributed by atoms with E-state index in [1.54, 1.807) is 8.82 Å². The maximum Gasteiger partial charge on any atom is 0.252 e. The van der Waals surface area contributed by atoms with Crippen molar-refractivity contribution in [2.24, 2.45) is 0 Å². The van der Waals surface area contributed by atoms with Gasteiger partial charge in [-0.2, -0.15) is 5.10 Å². The number of hydrogen-bond acceptors (Lipinski definition) is 6. The molecule has 1 aliphatic rings. The number of hydrogen-bond donors (Lipinski definition) is 0. The Morgan fingerprint density at radius 3 is 2.31 bits per heavy atom. The molecule has 3 aromatic heterocycles. The second-order valence-corrected chi connectivity index (χ2v) is 14.3. The highest BCUT2D eigenvalue weighted by molar-refractivity contribution is 7.91. The summed E-state index contributed by atoms with van der Waals surface area (Å²) in [7, 11) is 10.4. The number of aromatic nitrogens is 4. The third-order valence-corrected chi connectivity index (χ3v) is 10.6. The molecule has 160 valence electrons. The number of piperidine rings is 1. The molecular formula is C15H23B7ClN5O2S2. The minimum atomic E-state index is -3.73. The lowest BCUT2D eigenvalue weighted by Crippen LogP contribution is -2.68. The fourth-order valence-electron chi connectivity index (χ4n) is 5.10. The summed E-state index contributed by atoms with van der Waals surface area (Å²) in [6.45, 7) is 0. The van der Waals surface area contributed by atoms with E-state index in [0.29, 0.717) is 27.7 Å². The average molecular weight is 481 g/mol. The SMILES string of the molecule is BC(B)(B)c1ncc(S(=O)(=O)N2C(B)(B)CC(c3cn4ncnc4cc3Cl)CC2(B)B)s1. The van der Waals surface area contributed by atoms with Crippen LogP contribution in [0.5, 0.6) is 0 Å². The molecule has 1 fully saturated rings. The highest BCUT2D eigenvalue weighted by atomic mass is 35.5. The summed E-state index contributed by atoms with van der Waals surface area (Å²) < 4.78 is 31.4. The Bertz CT molecular complexity index is 1270. The van der Waals surface area contributed by atoms with Gasteiger partial charge in [0.05, 0.1) is 34.7 Å². The van der Waals surface area contributed by atoms with E-state index < -0.39 is 20.7 Å². The minimum Gasteiger partial charge on any atom is -0.250 e. The van der Waals surface area contributed by atoms with Gasteiger partial charge < -0.3 is 0 Å². The molecule has 3 aromatic rings. The molecule has 1 aliphatic heterocycles. The second-order valence-electron chi connectivity index (χ2n) is 10.9. The molecule has 4 heterocycles. The number of nitrogens with zero attached hydrogens (tertiary/aromatic N) is 5. The Labute approximate surface area is 204 Å². The van der Waals surface area contributed by atoms with Crippen molar-refractivity contribution in [1.82, 2.24) is 23.9 Å². The number of rotatable bonds is 4. The van der Waals surface area contributed by atoms with E-state index in [2.05, 4.69) is 15.1 Å². The lowest BCUT2D eigenvalue weighted by Gasteiger charge is -2.55. The predicted octanol–water partition coefficient (Wildman–Crippen LogP) is -4.74. The van der Waals surface area contributed by atoms with Crippen LogP contribution in [0.4, 0.5) is 0 Å². The van der Waals surface area contributed by atoms with Crippen molar-refractivity contribution >= 4 is 93.5 Å². The molecule has 0 spiro atoms. The molecule has 0 bridgehead atoms. The van der Waals surface area contributed by atoms with Crippen LogP contribution in [0.25, 0.3) is 5.65 Å². The van der Waals surface area contributed by atoms with E-state index >= 15 is 0 Å². The monoisotopic (exact) mass is 481 g/mol. The molecule has 0 saturated carbocycles. The Balaban J connectivity index is 1.73. The first-order chi connectivity index (χ1) is 14.6. The van der Waals surface area contributed by atoms with Crippen LogP contribution in [0.2, 0.25) is 5.02 Å². The number of fused-ring (bicyclic) bond motifs is 1. The van der Waals surface area contributed by atoms with Crippen molar-refractivity contribution in [3.05, 3.63) is 40.4 Å². The van der Waals surface area contributed by atoms with Gasteiger partial charge in [-0.05, 0) is 35.0 Å². The first kappa shape index (κ1) is 24.0. The molecule has 0 atom stereocenters. The smallest absolute Gasteiger partial charge is 0.250 e. The largest absolute Gasteiger partial charge is 0.252 e. The van der Waals surface area contributed by atoms with Crippen LogP contribution >= 0.6 is 22.9 Å². The Kier molecular flexibility index (Phi) is 5.80. The van der Waals surface area contributed by atoms with Gasteiger partial charge in [-0.25, -0.2) is 27.2 Å². The quantitative estimate of drug-likeness (QED) is 0.351. The van der Waals surface area contributed by atoms with Crippen molar-refractivity contribution in [3.8, 4) is 0 Å². The Hall–Kier alpha value is -1.10. The summed E-state index contributed by atoms with van der Waals surface area (Å²) in [5.41, 5.74) is 1.66. The fourth-order valence-corrected chi connectivity index (χ4v) is 8.81. The van der Waals surface area contributed by atoms with Gasteiger partial charge in [-0.3, -0.25) is 0 Å². The van der Waals surface area contributed by atoms with Crippen LogP contribution in [-0.2, 0) is 15.1 Å². The van der Waals surface area contributed by atoms with Crippen molar-refractivity contribution in [1.29, 1.82) is 0 Å². The van der Waals surface area contributed by atoms with Gasteiger partial charge >= 0.3 is 0 Å². The standard InChI is InChI=1S/C15H23B7ClN5O2S2/c16-13(17)2-7(8-5-27-10(1-9(8)23)25-6-26-27)3-14(18,19)28(13)32(29,30)11-4-24-12(31-11)15(20,21)22/h1,4-7H,2-3,16-22H2. The molecule has 0 amide bonds. The highest BCUT2D eigenvalue weighted by Gasteiger charge is 2.52. The fraction of sp³-hybridized carbons (Fsp3) is 0.400. The summed E-state index contributed by atoms with van der Waals surface area (Å²) in [6.07, 6.45) is 6.21. The number of sulfonamides is 1. The molecule has 0 aliphatic carbocycles. The molecule has 17 heteroatoms. The zero-order valence-corrected chi connectivity index (χ0v) is 21.9. The van der Waals surface area contributed by atoms with E-state index in [0.717, 1.165) is 10.6 Å². The molecule has 0 N–H and O–H groups in total. The second kappa shape index (κ2) is 7.72. The highest BCUT2D eigenvalue weighted by Crippen LogP contribution is 2.46. The van der Waals surface area contributed by atoms with Gasteiger partial charge in [0.25, 0.3) is 10.0 Å². The summed E-state index contributed by atoms with van der Waals surface area (Å²) in [6, 6.07) is 1.82. The topological polar surface area (TPSA) is 80.5 Å². The average Bonchev–Trinajstić information content (AvgIpc) is 3.27. The van der Waals surface area contributed by atoms with Crippen molar-refractivity contribution in [2.45, 2.75) is 38.8 Å². The molecule has 0 radical (unpaired) electrons. The van der Waals surface area contributed by atoms with Gasteiger partial charge in [0.15, 0.2) is 9.86 Å². The van der Waals surface area contributed by atoms with E-state index in [-0.39, 0.29) is 11.0 Å². The van der Waals surface area contributed by atoms with Crippen molar-refractivity contribution in [2.75, 3.05) is 0 Å². The first-order valence-corrected chi connectivity index (χ1v) is 13.3. The summed E-state index contributed by atoms with van der Waals surface area (Å²) in [5, 5.41) is 4.23. The van der Waals surface area contributed by atoms with Crippen LogP contribution in [0.15, 0.2) is 29.0 Å². The first-order valence-electron chi connectivity index (χ1n) is 10.6. The molecule has 4 rings (SSSR count). The Morgan fingerprint density at radius 1 is 1.12 bits per heavy atom. The van der Waals surface area contributed by atoms with E-state index in [4.69, 9.17) is 11.6 Å². The van der Waals surface area contributed by atoms with Gasteiger partial charge in [0, 0.05) is 17.3 Å². The number of halogens is 1. The van der Waals surface area contributed by atoms with Gasteiger partial charge in [-0.15, -0.1) is 11.3 Å². The van der Waals surface area contributed by atoms with Gasteiger partial charge in [0.1, 0.15) is 37.7 Å². The molecule has 7 nitrogen and oxygen atoms in total. The summed E-state index contributed by atoms with van der Waals surface area (Å²) in [5.74, 6) is 0.0825. The van der Waals surface area contributed by atoms with Crippen LogP contribution in [0.1, 0.15) is 29.3 Å². The van der Waals surface area contributed by atoms with Crippen LogP contribution in [0.3, 0.4) is 0 Å². The molecule has 0 aromatic carbocycles. The maximum atomic E-state index is 13.9. The summed E-state index contributed by atoms with van der Waals surface area (Å²) in [4.78, 5) is 8.62. The number of pyridine rings is 1. The zero-order chi connectivity index (χ0) is 23.7. The molecule has 0 unspecified atom stereocenters. The molecular weight excluding hydrogens is 457 g/mol. The van der Waals surface area contributed by atoms with E-state index in [1.165, 1.54) is 23.9 Å². The van der Waals surface area contributed by atoms with Crippen LogP contribution in [-0.4, -0.2) is 97.9 Å². The normalized spacial score (nSPS) is 19.9. The van der Waals surface area contributed by atoms with E-state index in [1.807, 2.05) is 67.2 Å². The van der Waals surface area contributed by atoms with E-state index in [9.17, 15) is 8.42 Å². The zero-order valence-electron chi connectivity index (χ0n) is 19.5. The predicted molar refractivity (Wildman–Crippen MR) is 148 cm³/mol. The Morgan fingerprint density at radius 2 is 1.75 bits per heavy atom. The molecule has 32 heavy (non-hydrogen) atoms. The lowest BCUT2D eigenvalue weighted by molar-refractivity contribution is 0.208. The van der Waals surface area contributed by atoms with Crippen LogP contribution < -0.4 is 0 Å². The third-order valence-electron chi connectivity index (χ3n) is 6.05. The minimum absolute atomic E-state index is 0.0825. The lowest BCUT2D eigenvalue weighted by atomic mass is 9.43.